The van der Waals surface area contributed by atoms with Gasteiger partial charge in [0.1, 0.15) is 0 Å². The first-order valence-electron chi connectivity index (χ1n) is 7.09. The highest BCUT2D eigenvalue weighted by Crippen LogP contribution is 2.16. The molecule has 0 radical (unpaired) electrons. The van der Waals surface area contributed by atoms with Gasteiger partial charge in [-0.25, -0.2) is 9.97 Å². The van der Waals surface area contributed by atoms with Crippen molar-refractivity contribution in [1.82, 2.24) is 9.97 Å². The molecule has 0 amide bonds. The summed E-state index contributed by atoms with van der Waals surface area (Å²) < 4.78 is 0. The van der Waals surface area contributed by atoms with Crippen LogP contribution < -0.4 is 0 Å². The fourth-order valence-electron chi connectivity index (χ4n) is 2.16. The van der Waals surface area contributed by atoms with Crippen LogP contribution in [0.25, 0.3) is 11.0 Å². The van der Waals surface area contributed by atoms with Crippen LogP contribution in [-0.4, -0.2) is 9.97 Å². The summed E-state index contributed by atoms with van der Waals surface area (Å²) >= 11 is 0. The number of para-hydroxylation sites is 2. The van der Waals surface area contributed by atoms with Crippen LogP contribution in [0.3, 0.4) is 0 Å². The average molecular weight is 242 g/mol. The van der Waals surface area contributed by atoms with E-state index in [4.69, 9.17) is 9.97 Å². The van der Waals surface area contributed by atoms with Gasteiger partial charge in [0.15, 0.2) is 0 Å². The maximum atomic E-state index is 4.80. The highest BCUT2D eigenvalue weighted by atomic mass is 14.8. The lowest BCUT2D eigenvalue weighted by molar-refractivity contribution is 0.729. The van der Waals surface area contributed by atoms with Crippen LogP contribution in [0.2, 0.25) is 0 Å². The van der Waals surface area contributed by atoms with Crippen molar-refractivity contribution in [2.45, 2.75) is 52.4 Å². The molecule has 0 aliphatic carbocycles. The quantitative estimate of drug-likeness (QED) is 0.754. The highest BCUT2D eigenvalue weighted by Gasteiger charge is 2.07. The molecule has 0 aliphatic rings. The van der Waals surface area contributed by atoms with Gasteiger partial charge < -0.3 is 0 Å². The Labute approximate surface area is 109 Å². The molecule has 0 unspecified atom stereocenters. The number of rotatable bonds is 6. The Morgan fingerprint density at radius 1 is 0.778 bits per heavy atom. The first kappa shape index (κ1) is 13.0. The molecule has 2 rings (SSSR count). The fourth-order valence-corrected chi connectivity index (χ4v) is 2.16. The predicted octanol–water partition coefficient (Wildman–Crippen LogP) is 4.32. The van der Waals surface area contributed by atoms with Crippen molar-refractivity contribution in [2.24, 2.45) is 0 Å². The number of aromatic nitrogens is 2. The molecule has 0 N–H and O–H groups in total. The van der Waals surface area contributed by atoms with Gasteiger partial charge in [0, 0.05) is 0 Å². The van der Waals surface area contributed by atoms with Crippen LogP contribution in [0, 0.1) is 0 Å². The zero-order chi connectivity index (χ0) is 12.8. The fraction of sp³-hybridized carbons (Fsp3) is 0.500. The van der Waals surface area contributed by atoms with E-state index >= 15 is 0 Å². The molecule has 2 nitrogen and oxygen atoms in total. The van der Waals surface area contributed by atoms with Gasteiger partial charge in [-0.05, 0) is 37.8 Å². The van der Waals surface area contributed by atoms with E-state index in [9.17, 15) is 0 Å². The zero-order valence-electron chi connectivity index (χ0n) is 11.4. The van der Waals surface area contributed by atoms with Crippen LogP contribution >= 0.6 is 0 Å². The van der Waals surface area contributed by atoms with E-state index in [1.807, 2.05) is 12.1 Å². The van der Waals surface area contributed by atoms with E-state index in [1.54, 1.807) is 0 Å². The standard InChI is InChI=1S/C16H22N2/c1-3-5-9-13-14(10-6-4-2)18-16-12-8-7-11-15(16)17-13/h7-8,11-12H,3-6,9-10H2,1-2H3. The van der Waals surface area contributed by atoms with E-state index < -0.39 is 0 Å². The first-order valence-corrected chi connectivity index (χ1v) is 7.09. The summed E-state index contributed by atoms with van der Waals surface area (Å²) in [5.74, 6) is 0. The van der Waals surface area contributed by atoms with E-state index in [-0.39, 0.29) is 0 Å². The molecule has 2 aromatic rings. The Bertz CT molecular complexity index is 459. The highest BCUT2D eigenvalue weighted by molar-refractivity contribution is 5.74. The van der Waals surface area contributed by atoms with E-state index in [1.165, 1.54) is 37.1 Å². The summed E-state index contributed by atoms with van der Waals surface area (Å²) in [4.78, 5) is 9.61. The minimum absolute atomic E-state index is 1.03. The van der Waals surface area contributed by atoms with Gasteiger partial charge in [-0.15, -0.1) is 0 Å². The van der Waals surface area contributed by atoms with Crippen LogP contribution in [-0.2, 0) is 12.8 Å². The summed E-state index contributed by atoms with van der Waals surface area (Å²) in [6, 6.07) is 8.18. The molecule has 0 spiro atoms. The molecule has 0 aliphatic heterocycles. The molecule has 18 heavy (non-hydrogen) atoms. The van der Waals surface area contributed by atoms with Gasteiger partial charge in [-0.2, -0.15) is 0 Å². The van der Waals surface area contributed by atoms with Gasteiger partial charge in [0.2, 0.25) is 0 Å². The van der Waals surface area contributed by atoms with Crippen LogP contribution in [0.4, 0.5) is 0 Å². The van der Waals surface area contributed by atoms with E-state index in [0.29, 0.717) is 0 Å². The molecule has 2 heteroatoms. The number of benzene rings is 1. The third-order valence-electron chi connectivity index (χ3n) is 3.26. The molecule has 1 heterocycles. The molecule has 96 valence electrons. The topological polar surface area (TPSA) is 25.8 Å². The summed E-state index contributed by atoms with van der Waals surface area (Å²) in [6.07, 6.45) is 6.95. The van der Waals surface area contributed by atoms with Crippen molar-refractivity contribution in [1.29, 1.82) is 0 Å². The van der Waals surface area contributed by atoms with E-state index in [0.717, 1.165) is 23.9 Å². The van der Waals surface area contributed by atoms with Crippen molar-refractivity contribution in [3.05, 3.63) is 35.7 Å². The Balaban J connectivity index is 2.35. The third kappa shape index (κ3) is 3.06. The van der Waals surface area contributed by atoms with Gasteiger partial charge >= 0.3 is 0 Å². The lowest BCUT2D eigenvalue weighted by Crippen LogP contribution is -2.03. The molecule has 0 atom stereocenters. The molecule has 0 saturated carbocycles. The van der Waals surface area contributed by atoms with Crippen molar-refractivity contribution in [2.75, 3.05) is 0 Å². The molecule has 1 aromatic heterocycles. The third-order valence-corrected chi connectivity index (χ3v) is 3.26. The zero-order valence-corrected chi connectivity index (χ0v) is 11.4. The number of nitrogens with zero attached hydrogens (tertiary/aromatic N) is 2. The smallest absolute Gasteiger partial charge is 0.0890 e. The second-order valence-corrected chi connectivity index (χ2v) is 4.81. The molecule has 0 bridgehead atoms. The SMILES string of the molecule is CCCCc1nc2ccccc2nc1CCCC. The summed E-state index contributed by atoms with van der Waals surface area (Å²) in [5, 5.41) is 0. The Morgan fingerprint density at radius 2 is 1.22 bits per heavy atom. The number of hydrogen-bond donors (Lipinski definition) is 0. The maximum Gasteiger partial charge on any atom is 0.0890 e. The summed E-state index contributed by atoms with van der Waals surface area (Å²) in [6.45, 7) is 4.44. The van der Waals surface area contributed by atoms with Gasteiger partial charge in [0.05, 0.1) is 22.4 Å². The van der Waals surface area contributed by atoms with Gasteiger partial charge in [-0.1, -0.05) is 38.8 Å². The number of aryl methyl sites for hydroxylation is 2. The van der Waals surface area contributed by atoms with Gasteiger partial charge in [0.25, 0.3) is 0 Å². The Kier molecular flexibility index (Phi) is 4.68. The van der Waals surface area contributed by atoms with E-state index in [2.05, 4.69) is 26.0 Å². The average Bonchev–Trinajstić information content (AvgIpc) is 2.42. The summed E-state index contributed by atoms with van der Waals surface area (Å²) in [7, 11) is 0. The summed E-state index contributed by atoms with van der Waals surface area (Å²) in [5.41, 5.74) is 4.49. The Hall–Kier alpha value is -1.44. The second-order valence-electron chi connectivity index (χ2n) is 4.81. The minimum Gasteiger partial charge on any atom is -0.249 e. The normalized spacial score (nSPS) is 11.0. The molecular formula is C16H22N2. The molecule has 1 aromatic carbocycles. The van der Waals surface area contributed by atoms with Crippen molar-refractivity contribution in [3.63, 3.8) is 0 Å². The monoisotopic (exact) mass is 242 g/mol. The van der Waals surface area contributed by atoms with Crippen LogP contribution in [0.15, 0.2) is 24.3 Å². The van der Waals surface area contributed by atoms with Crippen molar-refractivity contribution in [3.8, 4) is 0 Å². The number of fused-ring (bicyclic) bond motifs is 1. The molecule has 0 saturated heterocycles. The van der Waals surface area contributed by atoms with Crippen molar-refractivity contribution >= 4 is 11.0 Å². The minimum atomic E-state index is 1.03. The van der Waals surface area contributed by atoms with Crippen LogP contribution in [0.1, 0.15) is 50.9 Å². The Morgan fingerprint density at radius 3 is 1.61 bits per heavy atom. The first-order chi connectivity index (χ1) is 8.85. The maximum absolute atomic E-state index is 4.80. The largest absolute Gasteiger partial charge is 0.249 e. The number of hydrogen-bond acceptors (Lipinski definition) is 2. The molecular weight excluding hydrogens is 220 g/mol. The lowest BCUT2D eigenvalue weighted by Gasteiger charge is -2.09. The molecule has 0 fully saturated rings. The van der Waals surface area contributed by atoms with Crippen LogP contribution in [0.5, 0.6) is 0 Å². The second kappa shape index (κ2) is 6.48. The van der Waals surface area contributed by atoms with Crippen molar-refractivity contribution < 1.29 is 0 Å². The van der Waals surface area contributed by atoms with Gasteiger partial charge in [-0.3, -0.25) is 0 Å². The lowest BCUT2D eigenvalue weighted by atomic mass is 10.1. The predicted molar refractivity (Wildman–Crippen MR) is 76.8 cm³/mol. The number of unbranched alkanes of at least 4 members (excludes halogenated alkanes) is 2.